The molecule has 0 radical (unpaired) electrons. The van der Waals surface area contributed by atoms with E-state index in [1.54, 1.807) is 6.07 Å². The Hall–Kier alpha value is 0.0900. The van der Waals surface area contributed by atoms with Gasteiger partial charge in [-0.05, 0) is 46.8 Å². The molecule has 1 aliphatic carbocycles. The molecule has 0 bridgehead atoms. The molecule has 1 saturated carbocycles. The molecule has 0 aromatic carbocycles. The summed E-state index contributed by atoms with van der Waals surface area (Å²) >= 11 is 4.59. The second-order valence-corrected chi connectivity index (χ2v) is 8.27. The van der Waals surface area contributed by atoms with E-state index < -0.39 is 10.0 Å². The summed E-state index contributed by atoms with van der Waals surface area (Å²) in [6.07, 6.45) is 0.949. The minimum Gasteiger partial charge on any atom is -0.207 e. The highest BCUT2D eigenvalue weighted by Crippen LogP contribution is 2.34. The molecule has 6 heteroatoms. The zero-order valence-electron chi connectivity index (χ0n) is 8.45. The number of hydrogen-bond acceptors (Lipinski definition) is 3. The van der Waals surface area contributed by atoms with Crippen molar-refractivity contribution in [3.8, 4) is 0 Å². The van der Waals surface area contributed by atoms with Crippen molar-refractivity contribution in [1.82, 2.24) is 4.72 Å². The number of halogens is 1. The second-order valence-electron chi connectivity index (χ2n) is 3.96. The van der Waals surface area contributed by atoms with E-state index in [4.69, 9.17) is 0 Å². The van der Waals surface area contributed by atoms with Gasteiger partial charge in [0.15, 0.2) is 0 Å². The van der Waals surface area contributed by atoms with Crippen LogP contribution < -0.4 is 4.72 Å². The van der Waals surface area contributed by atoms with E-state index in [1.807, 2.05) is 13.8 Å². The van der Waals surface area contributed by atoms with Gasteiger partial charge in [0.2, 0.25) is 10.0 Å². The van der Waals surface area contributed by atoms with Crippen molar-refractivity contribution < 1.29 is 8.42 Å². The number of aryl methyl sites for hydroxylation is 1. The number of thiophene rings is 1. The summed E-state index contributed by atoms with van der Waals surface area (Å²) in [4.78, 5) is 0. The van der Waals surface area contributed by atoms with Gasteiger partial charge in [-0.1, -0.05) is 6.92 Å². The lowest BCUT2D eigenvalue weighted by atomic mass is 10.4. The van der Waals surface area contributed by atoms with Crippen LogP contribution in [0.4, 0.5) is 0 Å². The molecule has 0 aliphatic heterocycles. The molecule has 0 saturated heterocycles. The first-order valence-electron chi connectivity index (χ1n) is 4.68. The van der Waals surface area contributed by atoms with Crippen LogP contribution in [0.3, 0.4) is 0 Å². The fourth-order valence-corrected chi connectivity index (χ4v) is 4.91. The maximum absolute atomic E-state index is 11.9. The summed E-state index contributed by atoms with van der Waals surface area (Å²) in [5, 5.41) is 0. The molecular weight excluding hydrogens is 298 g/mol. The topological polar surface area (TPSA) is 46.2 Å². The average Bonchev–Trinajstić information content (AvgIpc) is 2.66. The Morgan fingerprint density at radius 1 is 1.60 bits per heavy atom. The molecule has 2 rings (SSSR count). The molecule has 0 amide bonds. The highest BCUT2D eigenvalue weighted by molar-refractivity contribution is 9.11. The van der Waals surface area contributed by atoms with Gasteiger partial charge in [-0.3, -0.25) is 0 Å². The van der Waals surface area contributed by atoms with Gasteiger partial charge >= 0.3 is 0 Å². The van der Waals surface area contributed by atoms with E-state index in [1.165, 1.54) is 11.3 Å². The highest BCUT2D eigenvalue weighted by atomic mass is 79.9. The van der Waals surface area contributed by atoms with Gasteiger partial charge in [0.1, 0.15) is 4.21 Å². The van der Waals surface area contributed by atoms with Crippen molar-refractivity contribution in [2.75, 3.05) is 0 Å². The molecule has 1 aliphatic rings. The Bertz CT molecular complexity index is 461. The van der Waals surface area contributed by atoms with Crippen LogP contribution in [0, 0.1) is 12.8 Å². The maximum atomic E-state index is 11.9. The van der Waals surface area contributed by atoms with Crippen molar-refractivity contribution in [2.24, 2.45) is 5.92 Å². The van der Waals surface area contributed by atoms with Gasteiger partial charge < -0.3 is 0 Å². The van der Waals surface area contributed by atoms with Crippen LogP contribution in [0.25, 0.3) is 0 Å². The normalized spacial score (nSPS) is 25.5. The maximum Gasteiger partial charge on any atom is 0.250 e. The van der Waals surface area contributed by atoms with E-state index >= 15 is 0 Å². The molecule has 3 nitrogen and oxygen atoms in total. The lowest BCUT2D eigenvalue weighted by Gasteiger charge is -2.01. The molecule has 2 unspecified atom stereocenters. The molecule has 2 atom stereocenters. The van der Waals surface area contributed by atoms with Crippen LogP contribution in [0.5, 0.6) is 0 Å². The van der Waals surface area contributed by atoms with Crippen LogP contribution in [0.15, 0.2) is 14.1 Å². The summed E-state index contributed by atoms with van der Waals surface area (Å²) in [6.45, 7) is 3.93. The molecule has 1 N–H and O–H groups in total. The molecule has 1 aromatic heterocycles. The van der Waals surface area contributed by atoms with Crippen molar-refractivity contribution in [3.63, 3.8) is 0 Å². The van der Waals surface area contributed by atoms with Gasteiger partial charge in [-0.15, -0.1) is 11.3 Å². The first-order chi connectivity index (χ1) is 6.90. The minimum absolute atomic E-state index is 0.135. The summed E-state index contributed by atoms with van der Waals surface area (Å²) in [7, 11) is -3.29. The summed E-state index contributed by atoms with van der Waals surface area (Å²) in [5.41, 5.74) is 0.962. The zero-order chi connectivity index (χ0) is 11.2. The largest absolute Gasteiger partial charge is 0.250 e. The minimum atomic E-state index is -3.29. The van der Waals surface area contributed by atoms with E-state index in [2.05, 4.69) is 20.7 Å². The zero-order valence-corrected chi connectivity index (χ0v) is 11.7. The molecule has 0 spiro atoms. The molecule has 15 heavy (non-hydrogen) atoms. The number of hydrogen-bond donors (Lipinski definition) is 1. The standard InChI is InChI=1S/C9H12BrNO2S2/c1-5-3-7(5)11-15(12,13)8-4-6(2)9(10)14-8/h4-5,7,11H,3H2,1-2H3. The van der Waals surface area contributed by atoms with E-state index in [0.717, 1.165) is 15.8 Å². The summed E-state index contributed by atoms with van der Waals surface area (Å²) < 4.78 is 27.7. The van der Waals surface area contributed by atoms with Gasteiger partial charge in [-0.25, -0.2) is 13.1 Å². The Morgan fingerprint density at radius 2 is 2.20 bits per heavy atom. The van der Waals surface area contributed by atoms with Gasteiger partial charge in [0, 0.05) is 6.04 Å². The van der Waals surface area contributed by atoms with Crippen molar-refractivity contribution in [1.29, 1.82) is 0 Å². The monoisotopic (exact) mass is 309 g/mol. The molecule has 1 heterocycles. The van der Waals surface area contributed by atoms with Crippen LogP contribution in [-0.4, -0.2) is 14.5 Å². The second kappa shape index (κ2) is 3.84. The SMILES string of the molecule is Cc1cc(S(=O)(=O)NC2CC2C)sc1Br. The molecule has 1 aromatic rings. The molecule has 1 fully saturated rings. The quantitative estimate of drug-likeness (QED) is 0.932. The van der Waals surface area contributed by atoms with Crippen LogP contribution in [-0.2, 0) is 10.0 Å². The number of nitrogens with one attached hydrogen (secondary N) is 1. The Labute approximate surface area is 102 Å². The first kappa shape index (κ1) is 11.6. The van der Waals surface area contributed by atoms with Crippen molar-refractivity contribution in [2.45, 2.75) is 30.5 Å². The smallest absolute Gasteiger partial charge is 0.207 e. The van der Waals surface area contributed by atoms with E-state index in [9.17, 15) is 8.42 Å². The van der Waals surface area contributed by atoms with E-state index in [-0.39, 0.29) is 6.04 Å². The third-order valence-electron chi connectivity index (χ3n) is 2.52. The predicted octanol–water partition coefficient (Wildman–Crippen LogP) is 2.51. The van der Waals surface area contributed by atoms with Gasteiger partial charge in [-0.2, -0.15) is 0 Å². The Morgan fingerprint density at radius 3 is 2.60 bits per heavy atom. The Balaban J connectivity index is 2.21. The van der Waals surface area contributed by atoms with Gasteiger partial charge in [0.25, 0.3) is 0 Å². The summed E-state index contributed by atoms with van der Waals surface area (Å²) in [5.74, 6) is 0.476. The fourth-order valence-electron chi connectivity index (χ4n) is 1.31. The first-order valence-corrected chi connectivity index (χ1v) is 7.77. The Kier molecular flexibility index (Phi) is 2.96. The fraction of sp³-hybridized carbons (Fsp3) is 0.556. The molecular formula is C9H12BrNO2S2. The van der Waals surface area contributed by atoms with Crippen LogP contribution in [0.1, 0.15) is 18.9 Å². The van der Waals surface area contributed by atoms with Crippen LogP contribution >= 0.6 is 27.3 Å². The third-order valence-corrected chi connectivity index (χ3v) is 6.62. The van der Waals surface area contributed by atoms with Crippen LogP contribution in [0.2, 0.25) is 0 Å². The van der Waals surface area contributed by atoms with E-state index in [0.29, 0.717) is 10.1 Å². The predicted molar refractivity (Wildman–Crippen MR) is 64.6 cm³/mol. The molecule has 84 valence electrons. The lowest BCUT2D eigenvalue weighted by molar-refractivity contribution is 0.580. The third kappa shape index (κ3) is 2.43. The highest BCUT2D eigenvalue weighted by Gasteiger charge is 2.36. The van der Waals surface area contributed by atoms with Crippen molar-refractivity contribution in [3.05, 3.63) is 15.4 Å². The van der Waals surface area contributed by atoms with Crippen molar-refractivity contribution >= 4 is 37.3 Å². The average molecular weight is 310 g/mol. The summed E-state index contributed by atoms with van der Waals surface area (Å²) in [6, 6.07) is 1.83. The number of rotatable bonds is 3. The lowest BCUT2D eigenvalue weighted by Crippen LogP contribution is -2.26. The number of sulfonamides is 1. The van der Waals surface area contributed by atoms with Gasteiger partial charge in [0.05, 0.1) is 3.79 Å².